The lowest BCUT2D eigenvalue weighted by Crippen LogP contribution is -2.12. The molecule has 0 aromatic heterocycles. The molecule has 2 aromatic carbocycles. The van der Waals surface area contributed by atoms with Crippen LogP contribution in [0.2, 0.25) is 5.02 Å². The minimum atomic E-state index is -0.156. The molecule has 0 aliphatic rings. The molecule has 0 radical (unpaired) electrons. The molecule has 0 spiro atoms. The molecule has 0 bridgehead atoms. The van der Waals surface area contributed by atoms with Crippen LogP contribution in [0.25, 0.3) is 0 Å². The Morgan fingerprint density at radius 2 is 1.76 bits per heavy atom. The zero-order chi connectivity index (χ0) is 12.3. The first kappa shape index (κ1) is 12.4. The van der Waals surface area contributed by atoms with Gasteiger partial charge in [-0.15, -0.1) is 0 Å². The number of rotatable bonds is 2. The van der Waals surface area contributed by atoms with E-state index in [1.165, 1.54) is 0 Å². The number of para-hydroxylation sites is 1. The van der Waals surface area contributed by atoms with Gasteiger partial charge in [0, 0.05) is 9.13 Å². The first-order valence-electron chi connectivity index (χ1n) is 4.99. The van der Waals surface area contributed by atoms with Crippen molar-refractivity contribution in [3.63, 3.8) is 0 Å². The van der Waals surface area contributed by atoms with Crippen LogP contribution in [0, 0.1) is 3.57 Å². The second-order valence-corrected chi connectivity index (χ2v) is 4.99. The van der Waals surface area contributed by atoms with Gasteiger partial charge in [-0.2, -0.15) is 0 Å². The Morgan fingerprint density at radius 3 is 2.41 bits per heavy atom. The quantitative estimate of drug-likeness (QED) is 0.802. The zero-order valence-electron chi connectivity index (χ0n) is 8.78. The molecule has 0 heterocycles. The van der Waals surface area contributed by atoms with Crippen molar-refractivity contribution in [3.05, 3.63) is 62.7 Å². The first-order chi connectivity index (χ1) is 8.18. The molecule has 2 rings (SSSR count). The molecule has 2 aromatic rings. The van der Waals surface area contributed by atoms with Crippen LogP contribution in [-0.4, -0.2) is 5.91 Å². The maximum Gasteiger partial charge on any atom is 0.255 e. The fourth-order valence-corrected chi connectivity index (χ4v) is 2.41. The lowest BCUT2D eigenvalue weighted by molar-refractivity contribution is 0.102. The lowest BCUT2D eigenvalue weighted by atomic mass is 10.2. The lowest BCUT2D eigenvalue weighted by Gasteiger charge is -2.09. The summed E-state index contributed by atoms with van der Waals surface area (Å²) >= 11 is 8.18. The normalized spacial score (nSPS) is 10.0. The molecule has 2 nitrogen and oxygen atoms in total. The smallest absolute Gasteiger partial charge is 0.255 e. The van der Waals surface area contributed by atoms with Crippen LogP contribution in [0.3, 0.4) is 0 Å². The van der Waals surface area contributed by atoms with Gasteiger partial charge in [0.25, 0.3) is 5.91 Å². The van der Waals surface area contributed by atoms with Crippen molar-refractivity contribution in [1.29, 1.82) is 0 Å². The van der Waals surface area contributed by atoms with E-state index in [-0.39, 0.29) is 5.91 Å². The van der Waals surface area contributed by atoms with Gasteiger partial charge in [0.1, 0.15) is 0 Å². The van der Waals surface area contributed by atoms with Gasteiger partial charge in [0.2, 0.25) is 0 Å². The van der Waals surface area contributed by atoms with Gasteiger partial charge < -0.3 is 5.32 Å². The molecule has 4 heteroatoms. The van der Waals surface area contributed by atoms with Gasteiger partial charge in [0.05, 0.1) is 10.7 Å². The predicted octanol–water partition coefficient (Wildman–Crippen LogP) is 4.20. The monoisotopic (exact) mass is 357 g/mol. The third kappa shape index (κ3) is 2.98. The summed E-state index contributed by atoms with van der Waals surface area (Å²) in [6.45, 7) is 0. The topological polar surface area (TPSA) is 29.1 Å². The molecule has 0 aliphatic heterocycles. The summed E-state index contributed by atoms with van der Waals surface area (Å²) in [4.78, 5) is 11.9. The molecule has 0 unspecified atom stereocenters. The SMILES string of the molecule is O=C(Nc1c(Cl)cccc1I)c1ccccc1. The van der Waals surface area contributed by atoms with Crippen LogP contribution in [0.5, 0.6) is 0 Å². The molecule has 0 saturated heterocycles. The Hall–Kier alpha value is -1.07. The van der Waals surface area contributed by atoms with Crippen molar-refractivity contribution >= 4 is 45.8 Å². The highest BCUT2D eigenvalue weighted by molar-refractivity contribution is 14.1. The number of nitrogens with one attached hydrogen (secondary N) is 1. The molecule has 0 aliphatic carbocycles. The number of hydrogen-bond donors (Lipinski definition) is 1. The Labute approximate surface area is 118 Å². The predicted molar refractivity (Wildman–Crippen MR) is 78.6 cm³/mol. The maximum absolute atomic E-state index is 11.9. The van der Waals surface area contributed by atoms with E-state index in [2.05, 4.69) is 27.9 Å². The van der Waals surface area contributed by atoms with Crippen LogP contribution >= 0.6 is 34.2 Å². The number of carbonyl (C=O) groups excluding carboxylic acids is 1. The van der Waals surface area contributed by atoms with Gasteiger partial charge in [-0.1, -0.05) is 35.9 Å². The van der Waals surface area contributed by atoms with Crippen LogP contribution in [0.4, 0.5) is 5.69 Å². The van der Waals surface area contributed by atoms with Crippen molar-refractivity contribution < 1.29 is 4.79 Å². The van der Waals surface area contributed by atoms with E-state index in [0.717, 1.165) is 3.57 Å². The van der Waals surface area contributed by atoms with Crippen molar-refractivity contribution in [1.82, 2.24) is 0 Å². The molecular formula is C13H9ClINO. The summed E-state index contributed by atoms with van der Waals surface area (Å²) in [5, 5.41) is 3.36. The van der Waals surface area contributed by atoms with E-state index in [0.29, 0.717) is 16.3 Å². The van der Waals surface area contributed by atoms with E-state index in [4.69, 9.17) is 11.6 Å². The van der Waals surface area contributed by atoms with Crippen molar-refractivity contribution in [3.8, 4) is 0 Å². The van der Waals surface area contributed by atoms with Crippen LogP contribution < -0.4 is 5.32 Å². The number of hydrogen-bond acceptors (Lipinski definition) is 1. The third-order valence-electron chi connectivity index (χ3n) is 2.24. The summed E-state index contributed by atoms with van der Waals surface area (Å²) in [5.74, 6) is -0.156. The fourth-order valence-electron chi connectivity index (χ4n) is 1.39. The van der Waals surface area contributed by atoms with Crippen LogP contribution in [0.15, 0.2) is 48.5 Å². The number of amides is 1. The average molecular weight is 358 g/mol. The molecule has 86 valence electrons. The second-order valence-electron chi connectivity index (χ2n) is 3.42. The molecule has 0 fully saturated rings. The highest BCUT2D eigenvalue weighted by atomic mass is 127. The summed E-state index contributed by atoms with van der Waals surface area (Å²) < 4.78 is 0.916. The summed E-state index contributed by atoms with van der Waals surface area (Å²) in [6.07, 6.45) is 0. The van der Waals surface area contributed by atoms with Crippen molar-refractivity contribution in [2.45, 2.75) is 0 Å². The minimum Gasteiger partial charge on any atom is -0.320 e. The van der Waals surface area contributed by atoms with Crippen LogP contribution in [-0.2, 0) is 0 Å². The fraction of sp³-hybridized carbons (Fsp3) is 0. The van der Waals surface area contributed by atoms with Gasteiger partial charge in [-0.3, -0.25) is 4.79 Å². The largest absolute Gasteiger partial charge is 0.320 e. The van der Waals surface area contributed by atoms with E-state index in [9.17, 15) is 4.79 Å². The second kappa shape index (κ2) is 5.51. The highest BCUT2D eigenvalue weighted by Crippen LogP contribution is 2.27. The van der Waals surface area contributed by atoms with Gasteiger partial charge in [0.15, 0.2) is 0 Å². The number of anilines is 1. The van der Waals surface area contributed by atoms with Crippen LogP contribution in [0.1, 0.15) is 10.4 Å². The Morgan fingerprint density at radius 1 is 1.06 bits per heavy atom. The summed E-state index contributed by atoms with van der Waals surface area (Å²) in [5.41, 5.74) is 1.27. The Bertz CT molecular complexity index is 522. The Balaban J connectivity index is 2.25. The molecular weight excluding hydrogens is 349 g/mol. The van der Waals surface area contributed by atoms with E-state index < -0.39 is 0 Å². The first-order valence-corrected chi connectivity index (χ1v) is 6.44. The van der Waals surface area contributed by atoms with E-state index in [1.54, 1.807) is 18.2 Å². The van der Waals surface area contributed by atoms with E-state index in [1.807, 2.05) is 30.3 Å². The van der Waals surface area contributed by atoms with Gasteiger partial charge in [-0.05, 0) is 46.9 Å². The van der Waals surface area contributed by atoms with Crippen molar-refractivity contribution in [2.75, 3.05) is 5.32 Å². The third-order valence-corrected chi connectivity index (χ3v) is 3.45. The van der Waals surface area contributed by atoms with Crippen molar-refractivity contribution in [2.24, 2.45) is 0 Å². The molecule has 1 N–H and O–H groups in total. The summed E-state index contributed by atoms with van der Waals surface area (Å²) in [7, 11) is 0. The number of carbonyl (C=O) groups is 1. The standard InChI is InChI=1S/C13H9ClINO/c14-10-7-4-8-11(15)12(10)16-13(17)9-5-2-1-3-6-9/h1-8H,(H,16,17). The molecule has 17 heavy (non-hydrogen) atoms. The zero-order valence-corrected chi connectivity index (χ0v) is 11.7. The maximum atomic E-state index is 11.9. The summed E-state index contributed by atoms with van der Waals surface area (Å²) in [6, 6.07) is 14.5. The number of benzene rings is 2. The van der Waals surface area contributed by atoms with Gasteiger partial charge >= 0.3 is 0 Å². The molecule has 0 atom stereocenters. The molecule has 1 amide bonds. The van der Waals surface area contributed by atoms with Gasteiger partial charge in [-0.25, -0.2) is 0 Å². The Kier molecular flexibility index (Phi) is 4.02. The van der Waals surface area contributed by atoms with E-state index >= 15 is 0 Å². The highest BCUT2D eigenvalue weighted by Gasteiger charge is 2.10. The average Bonchev–Trinajstić information content (AvgIpc) is 2.35. The minimum absolute atomic E-state index is 0.156. The molecule has 0 saturated carbocycles. The number of halogens is 2.